The van der Waals surface area contributed by atoms with Crippen LogP contribution in [0, 0.1) is 0 Å². The van der Waals surface area contributed by atoms with Crippen molar-refractivity contribution in [1.29, 1.82) is 0 Å². The van der Waals surface area contributed by atoms with Crippen molar-refractivity contribution in [2.75, 3.05) is 6.54 Å². The van der Waals surface area contributed by atoms with Gasteiger partial charge in [0, 0.05) is 42.8 Å². The summed E-state index contributed by atoms with van der Waals surface area (Å²) in [6.45, 7) is 2.12. The molecule has 5 nitrogen and oxygen atoms in total. The summed E-state index contributed by atoms with van der Waals surface area (Å²) in [5, 5.41) is 1.12. The van der Waals surface area contributed by atoms with Gasteiger partial charge in [0.25, 0.3) is 5.91 Å². The molecule has 0 radical (unpaired) electrons. The fourth-order valence-corrected chi connectivity index (χ4v) is 2.71. The van der Waals surface area contributed by atoms with Gasteiger partial charge < -0.3 is 14.5 Å². The minimum atomic E-state index is 0.0655. The Bertz CT molecular complexity index is 786. The van der Waals surface area contributed by atoms with Crippen molar-refractivity contribution in [2.24, 2.45) is 0 Å². The smallest absolute Gasteiger partial charge is 0.254 e. The van der Waals surface area contributed by atoms with Gasteiger partial charge in [0.05, 0.1) is 6.54 Å². The first kappa shape index (κ1) is 11.3. The molecule has 0 bridgehead atoms. The number of amides is 1. The Morgan fingerprint density at radius 2 is 2.20 bits per heavy atom. The second-order valence-electron chi connectivity index (χ2n) is 5.04. The van der Waals surface area contributed by atoms with Crippen molar-refractivity contribution >= 4 is 16.8 Å². The van der Waals surface area contributed by atoms with Gasteiger partial charge in [-0.1, -0.05) is 6.07 Å². The average Bonchev–Trinajstić information content (AvgIpc) is 3.13. The van der Waals surface area contributed by atoms with Gasteiger partial charge in [-0.3, -0.25) is 4.79 Å². The molecule has 5 heteroatoms. The van der Waals surface area contributed by atoms with Gasteiger partial charge in [-0.25, -0.2) is 4.98 Å². The zero-order valence-corrected chi connectivity index (χ0v) is 10.9. The molecule has 1 aliphatic heterocycles. The minimum Gasteiger partial charge on any atom is -0.361 e. The number of carbonyl (C=O) groups excluding carboxylic acids is 1. The van der Waals surface area contributed by atoms with Crippen LogP contribution >= 0.6 is 0 Å². The van der Waals surface area contributed by atoms with E-state index in [1.165, 1.54) is 0 Å². The van der Waals surface area contributed by atoms with Crippen LogP contribution in [-0.4, -0.2) is 31.9 Å². The van der Waals surface area contributed by atoms with Gasteiger partial charge in [0.15, 0.2) is 0 Å². The van der Waals surface area contributed by atoms with Crippen LogP contribution in [0.5, 0.6) is 0 Å². The van der Waals surface area contributed by atoms with Crippen LogP contribution in [0.3, 0.4) is 0 Å². The van der Waals surface area contributed by atoms with Crippen molar-refractivity contribution in [2.45, 2.75) is 13.1 Å². The molecule has 0 atom stereocenters. The van der Waals surface area contributed by atoms with E-state index in [1.54, 1.807) is 6.20 Å². The van der Waals surface area contributed by atoms with Crippen molar-refractivity contribution < 1.29 is 4.79 Å². The molecule has 1 amide bonds. The molecule has 0 aliphatic carbocycles. The second-order valence-corrected chi connectivity index (χ2v) is 5.04. The maximum absolute atomic E-state index is 12.6. The predicted molar refractivity (Wildman–Crippen MR) is 75.3 cm³/mol. The number of hydrogen-bond acceptors (Lipinski definition) is 2. The zero-order valence-electron chi connectivity index (χ0n) is 10.9. The molecule has 0 fully saturated rings. The van der Waals surface area contributed by atoms with Crippen molar-refractivity contribution in [3.8, 4) is 0 Å². The third-order valence-electron chi connectivity index (χ3n) is 3.83. The highest BCUT2D eigenvalue weighted by molar-refractivity contribution is 5.97. The molecule has 0 spiro atoms. The zero-order chi connectivity index (χ0) is 13.5. The van der Waals surface area contributed by atoms with Gasteiger partial charge in [-0.15, -0.1) is 0 Å². The van der Waals surface area contributed by atoms with E-state index >= 15 is 0 Å². The number of imidazole rings is 1. The first-order valence-corrected chi connectivity index (χ1v) is 6.68. The highest BCUT2D eigenvalue weighted by atomic mass is 16.2. The van der Waals surface area contributed by atoms with Crippen LogP contribution in [-0.2, 0) is 13.1 Å². The third-order valence-corrected chi connectivity index (χ3v) is 3.83. The molecule has 20 heavy (non-hydrogen) atoms. The lowest BCUT2D eigenvalue weighted by Gasteiger charge is -2.27. The van der Waals surface area contributed by atoms with Gasteiger partial charge in [-0.2, -0.15) is 0 Å². The molecule has 3 heterocycles. The van der Waals surface area contributed by atoms with Gasteiger partial charge in [-0.05, 0) is 23.6 Å². The molecule has 0 unspecified atom stereocenters. The summed E-state index contributed by atoms with van der Waals surface area (Å²) in [5.41, 5.74) is 1.72. The summed E-state index contributed by atoms with van der Waals surface area (Å²) in [6, 6.07) is 7.78. The largest absolute Gasteiger partial charge is 0.361 e. The summed E-state index contributed by atoms with van der Waals surface area (Å²) in [6.07, 6.45) is 5.63. The lowest BCUT2D eigenvalue weighted by Crippen LogP contribution is -2.38. The number of aromatic amines is 1. The monoisotopic (exact) mass is 266 g/mol. The number of fused-ring (bicyclic) bond motifs is 2. The normalized spacial score (nSPS) is 14.5. The highest BCUT2D eigenvalue weighted by Gasteiger charge is 2.22. The molecule has 0 saturated heterocycles. The molecule has 1 N–H and O–H groups in total. The number of benzene rings is 1. The molecule has 2 aromatic heterocycles. The first-order valence-electron chi connectivity index (χ1n) is 6.68. The quantitative estimate of drug-likeness (QED) is 0.732. The first-order chi connectivity index (χ1) is 9.81. The molecule has 0 saturated carbocycles. The van der Waals surface area contributed by atoms with E-state index in [2.05, 4.69) is 14.5 Å². The molecule has 100 valence electrons. The highest BCUT2D eigenvalue weighted by Crippen LogP contribution is 2.18. The van der Waals surface area contributed by atoms with Crippen molar-refractivity contribution in [1.82, 2.24) is 19.4 Å². The van der Waals surface area contributed by atoms with Crippen LogP contribution in [0.15, 0.2) is 42.9 Å². The summed E-state index contributed by atoms with van der Waals surface area (Å²) in [5.74, 6) is 1.02. The topological polar surface area (TPSA) is 53.9 Å². The number of rotatable bonds is 1. The maximum Gasteiger partial charge on any atom is 0.254 e. The van der Waals surface area contributed by atoms with E-state index in [-0.39, 0.29) is 5.91 Å². The van der Waals surface area contributed by atoms with Crippen LogP contribution in [0.25, 0.3) is 10.9 Å². The van der Waals surface area contributed by atoms with Crippen LogP contribution in [0.2, 0.25) is 0 Å². The Morgan fingerprint density at radius 1 is 1.25 bits per heavy atom. The number of H-pyrrole nitrogens is 1. The lowest BCUT2D eigenvalue weighted by atomic mass is 10.1. The number of aromatic nitrogens is 3. The summed E-state index contributed by atoms with van der Waals surface area (Å²) >= 11 is 0. The Labute approximate surface area is 115 Å². The fraction of sp³-hybridized carbons (Fsp3) is 0.200. The van der Waals surface area contributed by atoms with E-state index in [0.717, 1.165) is 35.4 Å². The molecule has 1 aliphatic rings. The third kappa shape index (κ3) is 1.71. The molecular weight excluding hydrogens is 252 g/mol. The Hall–Kier alpha value is -2.56. The van der Waals surface area contributed by atoms with Gasteiger partial charge >= 0.3 is 0 Å². The minimum absolute atomic E-state index is 0.0655. The van der Waals surface area contributed by atoms with Crippen molar-refractivity contribution in [3.63, 3.8) is 0 Å². The average molecular weight is 266 g/mol. The number of nitrogens with zero attached hydrogens (tertiary/aromatic N) is 3. The lowest BCUT2D eigenvalue weighted by molar-refractivity contribution is 0.0707. The van der Waals surface area contributed by atoms with Crippen LogP contribution < -0.4 is 0 Å². The fourth-order valence-electron chi connectivity index (χ4n) is 2.71. The SMILES string of the molecule is O=C(c1ccc2cc[nH]c2c1)N1CCn2ccnc2C1. The number of hydrogen-bond donors (Lipinski definition) is 1. The van der Waals surface area contributed by atoms with E-state index in [0.29, 0.717) is 6.54 Å². The van der Waals surface area contributed by atoms with E-state index in [1.807, 2.05) is 41.6 Å². The molecule has 4 rings (SSSR count). The van der Waals surface area contributed by atoms with Gasteiger partial charge in [0.2, 0.25) is 0 Å². The maximum atomic E-state index is 12.6. The Balaban J connectivity index is 1.64. The summed E-state index contributed by atoms with van der Waals surface area (Å²) < 4.78 is 2.10. The Kier molecular flexibility index (Phi) is 2.39. The predicted octanol–water partition coefficient (Wildman–Crippen LogP) is 2.02. The molecular formula is C15H14N4O. The van der Waals surface area contributed by atoms with E-state index in [4.69, 9.17) is 0 Å². The van der Waals surface area contributed by atoms with Crippen molar-refractivity contribution in [3.05, 3.63) is 54.2 Å². The Morgan fingerprint density at radius 3 is 3.15 bits per heavy atom. The summed E-state index contributed by atoms with van der Waals surface area (Å²) in [4.78, 5) is 21.9. The molecule has 3 aromatic rings. The van der Waals surface area contributed by atoms with Gasteiger partial charge in [0.1, 0.15) is 5.82 Å². The van der Waals surface area contributed by atoms with E-state index in [9.17, 15) is 4.79 Å². The van der Waals surface area contributed by atoms with E-state index < -0.39 is 0 Å². The number of nitrogens with one attached hydrogen (secondary N) is 1. The van der Waals surface area contributed by atoms with Crippen LogP contribution in [0.1, 0.15) is 16.2 Å². The molecule has 1 aromatic carbocycles. The number of carbonyl (C=O) groups is 1. The second kappa shape index (κ2) is 4.23. The van der Waals surface area contributed by atoms with Crippen LogP contribution in [0.4, 0.5) is 0 Å². The summed E-state index contributed by atoms with van der Waals surface area (Å²) in [7, 11) is 0. The standard InChI is InChI=1S/C15H14N4O/c20-15(12-2-1-11-3-4-16-13(11)9-12)19-8-7-18-6-5-17-14(18)10-19/h1-6,9,16H,7-8,10H2.